The van der Waals surface area contributed by atoms with E-state index in [1.807, 2.05) is 0 Å². The molecule has 6 nitrogen and oxygen atoms in total. The SMILES string of the molecule is CC1CCN(CCO)C2CCCCC2NC(C)CCN(CCO)C2CCCCC2N1. The number of fused-ring (bicyclic) bond motifs is 2. The molecule has 6 heteroatoms. The fourth-order valence-electron chi connectivity index (χ4n) is 6.25. The van der Waals surface area contributed by atoms with Crippen LogP contribution in [-0.4, -0.2) is 95.7 Å². The lowest BCUT2D eigenvalue weighted by Gasteiger charge is -2.44. The van der Waals surface area contributed by atoms with E-state index >= 15 is 0 Å². The summed E-state index contributed by atoms with van der Waals surface area (Å²) < 4.78 is 0. The molecule has 0 aromatic carbocycles. The predicted octanol–water partition coefficient (Wildman–Crippen LogP) is 1.95. The first-order chi connectivity index (χ1) is 14.6. The number of hydrogen-bond donors (Lipinski definition) is 4. The van der Waals surface area contributed by atoms with Gasteiger partial charge in [-0.15, -0.1) is 0 Å². The van der Waals surface area contributed by atoms with Gasteiger partial charge in [0.1, 0.15) is 0 Å². The van der Waals surface area contributed by atoms with Gasteiger partial charge in [-0.3, -0.25) is 9.80 Å². The van der Waals surface area contributed by atoms with Crippen molar-refractivity contribution in [2.24, 2.45) is 0 Å². The Balaban J connectivity index is 1.76. The first-order valence-electron chi connectivity index (χ1n) is 12.8. The largest absolute Gasteiger partial charge is 0.395 e. The molecule has 1 aliphatic heterocycles. The summed E-state index contributed by atoms with van der Waals surface area (Å²) >= 11 is 0. The van der Waals surface area contributed by atoms with Crippen molar-refractivity contribution in [2.45, 2.75) is 114 Å². The number of aliphatic hydroxyl groups excluding tert-OH is 2. The van der Waals surface area contributed by atoms with Gasteiger partial charge < -0.3 is 20.8 Å². The Morgan fingerprint density at radius 3 is 1.43 bits per heavy atom. The first kappa shape index (κ1) is 24.4. The van der Waals surface area contributed by atoms with Crippen molar-refractivity contribution in [3.8, 4) is 0 Å². The monoisotopic (exact) mass is 424 g/mol. The molecule has 3 rings (SSSR count). The average molecular weight is 425 g/mol. The Kier molecular flexibility index (Phi) is 10.3. The Morgan fingerprint density at radius 1 is 0.633 bits per heavy atom. The van der Waals surface area contributed by atoms with E-state index in [0.717, 1.165) is 39.0 Å². The maximum Gasteiger partial charge on any atom is 0.0558 e. The number of nitrogens with zero attached hydrogens (tertiary/aromatic N) is 2. The normalized spacial score (nSPS) is 38.4. The van der Waals surface area contributed by atoms with E-state index < -0.39 is 0 Å². The van der Waals surface area contributed by atoms with Gasteiger partial charge in [-0.1, -0.05) is 25.7 Å². The topological polar surface area (TPSA) is 71.0 Å². The number of aliphatic hydroxyl groups is 2. The van der Waals surface area contributed by atoms with E-state index in [2.05, 4.69) is 34.3 Å². The highest BCUT2D eigenvalue weighted by molar-refractivity contribution is 4.93. The van der Waals surface area contributed by atoms with Gasteiger partial charge >= 0.3 is 0 Å². The van der Waals surface area contributed by atoms with Crippen LogP contribution in [0.2, 0.25) is 0 Å². The van der Waals surface area contributed by atoms with Crippen molar-refractivity contribution in [3.63, 3.8) is 0 Å². The van der Waals surface area contributed by atoms with Gasteiger partial charge in [0.25, 0.3) is 0 Å². The lowest BCUT2D eigenvalue weighted by Crippen LogP contribution is -2.58. The van der Waals surface area contributed by atoms with Crippen LogP contribution in [0.5, 0.6) is 0 Å². The minimum atomic E-state index is 0.251. The maximum absolute atomic E-state index is 9.73. The van der Waals surface area contributed by atoms with Gasteiger partial charge in [-0.2, -0.15) is 0 Å². The molecule has 176 valence electrons. The Hall–Kier alpha value is -0.240. The van der Waals surface area contributed by atoms with Gasteiger partial charge in [0.05, 0.1) is 13.2 Å². The molecule has 4 N–H and O–H groups in total. The molecule has 30 heavy (non-hydrogen) atoms. The molecule has 0 amide bonds. The van der Waals surface area contributed by atoms with Crippen LogP contribution in [0.25, 0.3) is 0 Å². The zero-order valence-electron chi connectivity index (χ0n) is 19.6. The summed E-state index contributed by atoms with van der Waals surface area (Å²) in [6, 6.07) is 3.09. The molecular weight excluding hydrogens is 376 g/mol. The van der Waals surface area contributed by atoms with Crippen LogP contribution in [0.4, 0.5) is 0 Å². The molecule has 3 aliphatic rings. The smallest absolute Gasteiger partial charge is 0.0558 e. The molecule has 2 saturated carbocycles. The molecule has 0 aromatic rings. The highest BCUT2D eigenvalue weighted by Gasteiger charge is 2.34. The van der Waals surface area contributed by atoms with Crippen LogP contribution in [0.15, 0.2) is 0 Å². The second-order valence-corrected chi connectivity index (χ2v) is 10.1. The van der Waals surface area contributed by atoms with E-state index in [9.17, 15) is 10.2 Å². The lowest BCUT2D eigenvalue weighted by atomic mass is 9.87. The third-order valence-electron chi connectivity index (χ3n) is 7.87. The summed E-state index contributed by atoms with van der Waals surface area (Å²) in [6.45, 7) is 8.88. The van der Waals surface area contributed by atoms with Crippen molar-refractivity contribution in [2.75, 3.05) is 39.4 Å². The number of nitrogens with one attached hydrogen (secondary N) is 2. The Labute approximate surface area is 184 Å². The summed E-state index contributed by atoms with van der Waals surface area (Å²) in [5.41, 5.74) is 0. The zero-order chi connectivity index (χ0) is 21.3. The second-order valence-electron chi connectivity index (χ2n) is 10.1. The van der Waals surface area contributed by atoms with Gasteiger partial charge in [0, 0.05) is 62.4 Å². The highest BCUT2D eigenvalue weighted by atomic mass is 16.3. The molecule has 0 radical (unpaired) electrons. The summed E-state index contributed by atoms with van der Waals surface area (Å²) in [5.74, 6) is 0. The van der Waals surface area contributed by atoms with Gasteiger partial charge in [0.15, 0.2) is 0 Å². The summed E-state index contributed by atoms with van der Waals surface area (Å²) in [4.78, 5) is 5.15. The van der Waals surface area contributed by atoms with Crippen LogP contribution in [0, 0.1) is 0 Å². The zero-order valence-corrected chi connectivity index (χ0v) is 19.6. The fourth-order valence-corrected chi connectivity index (χ4v) is 6.25. The molecule has 0 bridgehead atoms. The first-order valence-corrected chi connectivity index (χ1v) is 12.8. The summed E-state index contributed by atoms with van der Waals surface area (Å²) in [7, 11) is 0. The minimum absolute atomic E-state index is 0.251. The highest BCUT2D eigenvalue weighted by Crippen LogP contribution is 2.27. The molecule has 6 unspecified atom stereocenters. The van der Waals surface area contributed by atoms with Gasteiger partial charge in [-0.05, 0) is 52.4 Å². The average Bonchev–Trinajstić information content (AvgIpc) is 2.74. The van der Waals surface area contributed by atoms with Crippen molar-refractivity contribution in [3.05, 3.63) is 0 Å². The standard InChI is InChI=1S/C24H48N4O2/c1-19-11-13-27(15-17-29)24-10-6-4-8-22(24)26-20(2)12-14-28(16-18-30)23-9-5-3-7-21(23)25-19/h19-26,29-30H,3-18H2,1-2H3. The third-order valence-corrected chi connectivity index (χ3v) is 7.87. The van der Waals surface area contributed by atoms with Gasteiger partial charge in [0.2, 0.25) is 0 Å². The lowest BCUT2D eigenvalue weighted by molar-refractivity contribution is 0.0709. The molecule has 3 fully saturated rings. The molecule has 0 aromatic heterocycles. The van der Waals surface area contributed by atoms with Crippen LogP contribution in [-0.2, 0) is 0 Å². The van der Waals surface area contributed by atoms with Crippen molar-refractivity contribution in [1.82, 2.24) is 20.4 Å². The maximum atomic E-state index is 9.73. The minimum Gasteiger partial charge on any atom is -0.395 e. The van der Waals surface area contributed by atoms with Crippen LogP contribution in [0.1, 0.15) is 78.1 Å². The van der Waals surface area contributed by atoms with E-state index in [-0.39, 0.29) is 13.2 Å². The van der Waals surface area contributed by atoms with E-state index in [4.69, 9.17) is 0 Å². The molecule has 0 spiro atoms. The molecule has 1 heterocycles. The van der Waals surface area contributed by atoms with Crippen LogP contribution in [0.3, 0.4) is 0 Å². The van der Waals surface area contributed by atoms with Crippen molar-refractivity contribution < 1.29 is 10.2 Å². The molecular formula is C24H48N4O2. The van der Waals surface area contributed by atoms with Gasteiger partial charge in [-0.25, -0.2) is 0 Å². The van der Waals surface area contributed by atoms with Crippen LogP contribution >= 0.6 is 0 Å². The summed E-state index contributed by atoms with van der Waals surface area (Å²) in [6.07, 6.45) is 12.5. The van der Waals surface area contributed by atoms with Crippen molar-refractivity contribution >= 4 is 0 Å². The predicted molar refractivity (Wildman–Crippen MR) is 124 cm³/mol. The second kappa shape index (κ2) is 12.7. The molecule has 6 atom stereocenters. The van der Waals surface area contributed by atoms with E-state index in [1.165, 1.54) is 51.4 Å². The number of β-amino-alcohol motifs (C(OH)–C–C–N with tert-alkyl or cyclic N) is 2. The van der Waals surface area contributed by atoms with E-state index in [0.29, 0.717) is 36.3 Å². The summed E-state index contributed by atoms with van der Waals surface area (Å²) in [5, 5.41) is 27.4. The van der Waals surface area contributed by atoms with Crippen molar-refractivity contribution in [1.29, 1.82) is 0 Å². The quantitative estimate of drug-likeness (QED) is 0.553. The van der Waals surface area contributed by atoms with E-state index in [1.54, 1.807) is 0 Å². The fraction of sp³-hybridized carbons (Fsp3) is 1.00. The third kappa shape index (κ3) is 6.88. The van der Waals surface area contributed by atoms with Crippen LogP contribution < -0.4 is 10.6 Å². The number of rotatable bonds is 4. The Bertz CT molecular complexity index is 438. The Morgan fingerprint density at radius 2 is 1.03 bits per heavy atom. The molecule has 1 saturated heterocycles. The number of hydrogen-bond acceptors (Lipinski definition) is 6. The molecule has 2 aliphatic carbocycles.